The summed E-state index contributed by atoms with van der Waals surface area (Å²) in [5.74, 6) is 0.659. The number of carbonyl (C=O) groups excluding carboxylic acids is 1. The Labute approximate surface area is 169 Å². The quantitative estimate of drug-likeness (QED) is 0.762. The van der Waals surface area contributed by atoms with Crippen LogP contribution in [0.15, 0.2) is 29.6 Å². The first-order valence-electron chi connectivity index (χ1n) is 9.66. The predicted molar refractivity (Wildman–Crippen MR) is 109 cm³/mol. The fourth-order valence-corrected chi connectivity index (χ4v) is 4.47. The number of methoxy groups -OCH3 is 1. The van der Waals surface area contributed by atoms with Gasteiger partial charge in [0.1, 0.15) is 5.75 Å². The van der Waals surface area contributed by atoms with E-state index >= 15 is 0 Å². The van der Waals surface area contributed by atoms with Crippen LogP contribution in [0, 0.1) is 0 Å². The van der Waals surface area contributed by atoms with Crippen molar-refractivity contribution >= 4 is 22.4 Å². The molecule has 1 amide bonds. The number of thiazole rings is 1. The maximum atomic E-state index is 12.8. The van der Waals surface area contributed by atoms with Crippen LogP contribution in [0.25, 0.3) is 0 Å². The summed E-state index contributed by atoms with van der Waals surface area (Å²) >= 11 is 1.69. The third kappa shape index (κ3) is 4.29. The predicted octanol–water partition coefficient (Wildman–Crippen LogP) is 1.95. The molecule has 150 valence electrons. The SMILES string of the molecule is COc1ccccc1C(=O)N1CCN(c2nc(CN3CCOCC3)cs2)CC1. The van der Waals surface area contributed by atoms with Crippen molar-refractivity contribution in [2.75, 3.05) is 64.5 Å². The molecule has 0 radical (unpaired) electrons. The molecule has 2 aromatic rings. The summed E-state index contributed by atoms with van der Waals surface area (Å²) in [4.78, 5) is 24.2. The van der Waals surface area contributed by atoms with E-state index in [1.807, 2.05) is 29.2 Å². The van der Waals surface area contributed by atoms with E-state index in [1.165, 1.54) is 0 Å². The molecular weight excluding hydrogens is 376 g/mol. The fourth-order valence-electron chi connectivity index (χ4n) is 3.60. The highest BCUT2D eigenvalue weighted by Crippen LogP contribution is 2.24. The van der Waals surface area contributed by atoms with E-state index in [0.29, 0.717) is 24.4 Å². The topological polar surface area (TPSA) is 58.1 Å². The molecule has 2 aliphatic rings. The molecular formula is C20H26N4O3S. The monoisotopic (exact) mass is 402 g/mol. The molecule has 0 saturated carbocycles. The lowest BCUT2D eigenvalue weighted by Gasteiger charge is -2.34. The van der Waals surface area contributed by atoms with Crippen LogP contribution in [0.3, 0.4) is 0 Å². The number of aromatic nitrogens is 1. The number of nitrogens with zero attached hydrogens (tertiary/aromatic N) is 4. The van der Waals surface area contributed by atoms with Gasteiger partial charge in [0, 0.05) is 51.2 Å². The van der Waals surface area contributed by atoms with Gasteiger partial charge in [-0.15, -0.1) is 11.3 Å². The maximum Gasteiger partial charge on any atom is 0.257 e. The van der Waals surface area contributed by atoms with Gasteiger partial charge in [-0.25, -0.2) is 4.98 Å². The number of carbonyl (C=O) groups is 1. The van der Waals surface area contributed by atoms with Crippen LogP contribution in [0.5, 0.6) is 5.75 Å². The first-order valence-corrected chi connectivity index (χ1v) is 10.5. The van der Waals surface area contributed by atoms with E-state index < -0.39 is 0 Å². The van der Waals surface area contributed by atoms with Crippen LogP contribution in [-0.4, -0.2) is 80.3 Å². The second-order valence-electron chi connectivity index (χ2n) is 6.99. The van der Waals surface area contributed by atoms with E-state index in [4.69, 9.17) is 14.5 Å². The molecule has 0 aliphatic carbocycles. The van der Waals surface area contributed by atoms with E-state index in [1.54, 1.807) is 18.4 Å². The van der Waals surface area contributed by atoms with Gasteiger partial charge < -0.3 is 19.3 Å². The first-order chi connectivity index (χ1) is 13.7. The minimum Gasteiger partial charge on any atom is -0.496 e. The summed E-state index contributed by atoms with van der Waals surface area (Å²) in [6.07, 6.45) is 0. The summed E-state index contributed by atoms with van der Waals surface area (Å²) < 4.78 is 10.7. The molecule has 28 heavy (non-hydrogen) atoms. The Bertz CT molecular complexity index is 798. The summed E-state index contributed by atoms with van der Waals surface area (Å²) in [6.45, 7) is 7.40. The van der Waals surface area contributed by atoms with Crippen molar-refractivity contribution in [3.8, 4) is 5.75 Å². The largest absolute Gasteiger partial charge is 0.496 e. The van der Waals surface area contributed by atoms with E-state index in [-0.39, 0.29) is 5.91 Å². The molecule has 2 aliphatic heterocycles. The van der Waals surface area contributed by atoms with Crippen LogP contribution in [0.1, 0.15) is 16.1 Å². The lowest BCUT2D eigenvalue weighted by Crippen LogP contribution is -2.48. The van der Waals surface area contributed by atoms with Gasteiger partial charge >= 0.3 is 0 Å². The Morgan fingerprint density at radius 1 is 1.14 bits per heavy atom. The highest BCUT2D eigenvalue weighted by atomic mass is 32.1. The molecule has 3 heterocycles. The lowest BCUT2D eigenvalue weighted by molar-refractivity contribution is 0.0337. The van der Waals surface area contributed by atoms with Gasteiger partial charge in [0.2, 0.25) is 0 Å². The number of anilines is 1. The average molecular weight is 403 g/mol. The summed E-state index contributed by atoms with van der Waals surface area (Å²) in [5, 5.41) is 3.20. The molecule has 1 aromatic carbocycles. The van der Waals surface area contributed by atoms with Crippen molar-refractivity contribution in [1.29, 1.82) is 0 Å². The Morgan fingerprint density at radius 3 is 2.64 bits per heavy atom. The minimum atomic E-state index is 0.0317. The smallest absolute Gasteiger partial charge is 0.257 e. The van der Waals surface area contributed by atoms with Crippen molar-refractivity contribution in [3.05, 3.63) is 40.9 Å². The van der Waals surface area contributed by atoms with E-state index in [0.717, 1.165) is 56.8 Å². The van der Waals surface area contributed by atoms with E-state index in [9.17, 15) is 4.79 Å². The van der Waals surface area contributed by atoms with Gasteiger partial charge in [-0.3, -0.25) is 9.69 Å². The Kier molecular flexibility index (Phi) is 6.09. The number of morpholine rings is 1. The third-order valence-corrected chi connectivity index (χ3v) is 6.15. The number of benzene rings is 1. The molecule has 0 bridgehead atoms. The van der Waals surface area contributed by atoms with Crippen molar-refractivity contribution in [3.63, 3.8) is 0 Å². The number of hydrogen-bond acceptors (Lipinski definition) is 7. The standard InChI is InChI=1S/C20H26N4O3S/c1-26-18-5-3-2-4-17(18)19(25)23-6-8-24(9-7-23)20-21-16(15-28-20)14-22-10-12-27-13-11-22/h2-5,15H,6-14H2,1H3. The number of rotatable bonds is 5. The molecule has 1 aromatic heterocycles. The number of para-hydroxylation sites is 1. The average Bonchev–Trinajstić information content (AvgIpc) is 3.22. The Hall–Kier alpha value is -2.16. The molecule has 0 N–H and O–H groups in total. The highest BCUT2D eigenvalue weighted by molar-refractivity contribution is 7.13. The number of amides is 1. The zero-order valence-corrected chi connectivity index (χ0v) is 17.0. The lowest BCUT2D eigenvalue weighted by atomic mass is 10.1. The second-order valence-corrected chi connectivity index (χ2v) is 7.83. The molecule has 0 spiro atoms. The third-order valence-electron chi connectivity index (χ3n) is 5.20. The minimum absolute atomic E-state index is 0.0317. The van der Waals surface area contributed by atoms with Gasteiger partial charge in [0.05, 0.1) is 31.6 Å². The van der Waals surface area contributed by atoms with Crippen LogP contribution >= 0.6 is 11.3 Å². The van der Waals surface area contributed by atoms with Crippen molar-refractivity contribution in [2.45, 2.75) is 6.54 Å². The fraction of sp³-hybridized carbons (Fsp3) is 0.500. The molecule has 2 saturated heterocycles. The van der Waals surface area contributed by atoms with Crippen LogP contribution in [-0.2, 0) is 11.3 Å². The van der Waals surface area contributed by atoms with Gasteiger partial charge in [-0.1, -0.05) is 12.1 Å². The first kappa shape index (κ1) is 19.2. The molecule has 2 fully saturated rings. The summed E-state index contributed by atoms with van der Waals surface area (Å²) in [5.41, 5.74) is 1.75. The summed E-state index contributed by atoms with van der Waals surface area (Å²) in [6, 6.07) is 7.41. The zero-order chi connectivity index (χ0) is 19.3. The van der Waals surface area contributed by atoms with E-state index in [2.05, 4.69) is 15.2 Å². The van der Waals surface area contributed by atoms with Crippen LogP contribution in [0.4, 0.5) is 5.13 Å². The van der Waals surface area contributed by atoms with Crippen molar-refractivity contribution < 1.29 is 14.3 Å². The van der Waals surface area contributed by atoms with Crippen molar-refractivity contribution in [2.24, 2.45) is 0 Å². The molecule has 8 heteroatoms. The Morgan fingerprint density at radius 2 is 1.89 bits per heavy atom. The van der Waals surface area contributed by atoms with Crippen LogP contribution in [0.2, 0.25) is 0 Å². The summed E-state index contributed by atoms with van der Waals surface area (Å²) in [7, 11) is 1.60. The normalized spacial score (nSPS) is 18.3. The van der Waals surface area contributed by atoms with Crippen molar-refractivity contribution in [1.82, 2.24) is 14.8 Å². The van der Waals surface area contributed by atoms with Gasteiger partial charge in [0.25, 0.3) is 5.91 Å². The maximum absolute atomic E-state index is 12.8. The zero-order valence-electron chi connectivity index (χ0n) is 16.2. The number of ether oxygens (including phenoxy) is 2. The molecule has 0 atom stereocenters. The molecule has 7 nitrogen and oxygen atoms in total. The van der Waals surface area contributed by atoms with Gasteiger partial charge in [-0.2, -0.15) is 0 Å². The number of piperazine rings is 1. The molecule has 4 rings (SSSR count). The second kappa shape index (κ2) is 8.89. The highest BCUT2D eigenvalue weighted by Gasteiger charge is 2.25. The Balaban J connectivity index is 1.33. The van der Waals surface area contributed by atoms with Crippen LogP contribution < -0.4 is 9.64 Å². The van der Waals surface area contributed by atoms with Gasteiger partial charge in [-0.05, 0) is 12.1 Å². The number of hydrogen-bond donors (Lipinski definition) is 0. The van der Waals surface area contributed by atoms with Gasteiger partial charge in [0.15, 0.2) is 5.13 Å². The molecule has 0 unspecified atom stereocenters.